The molecule has 0 aliphatic carbocycles. The van der Waals surface area contributed by atoms with Crippen LogP contribution in [0.4, 0.5) is 0 Å². The molecule has 0 saturated heterocycles. The Morgan fingerprint density at radius 2 is 1.77 bits per heavy atom. The quantitative estimate of drug-likeness (QED) is 0.417. The number of benzene rings is 2. The summed E-state index contributed by atoms with van der Waals surface area (Å²) in [5, 5.41) is 9.89. The van der Waals surface area contributed by atoms with E-state index in [0.717, 1.165) is 12.1 Å². The summed E-state index contributed by atoms with van der Waals surface area (Å²) < 4.78 is 38.8. The molecule has 0 heterocycles. The SMILES string of the molecule is COc1cc(O)c(C(=O)c2ccccc2)c(S(=O)(=O)[O-])c1.[Na+]. The Kier molecular flexibility index (Phi) is 6.16. The van der Waals surface area contributed by atoms with Crippen LogP contribution in [0.15, 0.2) is 47.4 Å². The second-order valence-corrected chi connectivity index (χ2v) is 5.52. The number of ketones is 1. The number of carbonyl (C=O) groups is 1. The number of phenols is 1. The molecule has 0 saturated carbocycles. The van der Waals surface area contributed by atoms with E-state index in [9.17, 15) is 22.9 Å². The predicted octanol–water partition coefficient (Wildman–Crippen LogP) is -1.46. The van der Waals surface area contributed by atoms with Crippen molar-refractivity contribution in [3.8, 4) is 11.5 Å². The Morgan fingerprint density at radius 3 is 2.27 bits per heavy atom. The first kappa shape index (κ1) is 18.7. The van der Waals surface area contributed by atoms with Crippen molar-refractivity contribution in [1.82, 2.24) is 0 Å². The third-order valence-electron chi connectivity index (χ3n) is 2.82. The second kappa shape index (κ2) is 7.26. The van der Waals surface area contributed by atoms with Crippen molar-refractivity contribution in [1.29, 1.82) is 0 Å². The van der Waals surface area contributed by atoms with Crippen LogP contribution in [-0.2, 0) is 10.1 Å². The van der Waals surface area contributed by atoms with Crippen LogP contribution in [0.2, 0.25) is 0 Å². The number of hydrogen-bond acceptors (Lipinski definition) is 6. The van der Waals surface area contributed by atoms with E-state index in [-0.39, 0.29) is 40.9 Å². The molecule has 0 amide bonds. The summed E-state index contributed by atoms with van der Waals surface area (Å²) in [6.45, 7) is 0. The molecule has 6 nitrogen and oxygen atoms in total. The molecule has 8 heteroatoms. The zero-order valence-corrected chi connectivity index (χ0v) is 14.8. The van der Waals surface area contributed by atoms with E-state index in [1.165, 1.54) is 19.2 Å². The molecule has 22 heavy (non-hydrogen) atoms. The van der Waals surface area contributed by atoms with Gasteiger partial charge in [0.25, 0.3) is 0 Å². The van der Waals surface area contributed by atoms with Gasteiger partial charge in [-0.15, -0.1) is 0 Å². The standard InChI is InChI=1S/C14H12O6S.Na/c1-20-10-7-11(15)13(12(8-10)21(17,18)19)14(16)9-5-3-2-4-6-9;/h2-8,15H,1H3,(H,17,18,19);/q;+1/p-1. The number of aromatic hydroxyl groups is 1. The van der Waals surface area contributed by atoms with Crippen molar-refractivity contribution in [3.05, 3.63) is 53.6 Å². The van der Waals surface area contributed by atoms with Crippen molar-refractivity contribution in [3.63, 3.8) is 0 Å². The Labute approximate surface area is 149 Å². The van der Waals surface area contributed by atoms with E-state index < -0.39 is 32.1 Å². The third kappa shape index (κ3) is 3.88. The number of hydrogen-bond donors (Lipinski definition) is 1. The molecule has 2 rings (SSSR count). The van der Waals surface area contributed by atoms with E-state index in [4.69, 9.17) is 4.74 Å². The number of rotatable bonds is 4. The monoisotopic (exact) mass is 330 g/mol. The van der Waals surface area contributed by atoms with E-state index in [1.54, 1.807) is 18.2 Å². The molecule has 0 aliphatic rings. The zero-order chi connectivity index (χ0) is 15.6. The normalized spacial score (nSPS) is 10.6. The Balaban J connectivity index is 0.00000242. The van der Waals surface area contributed by atoms with Gasteiger partial charge in [0.15, 0.2) is 5.78 Å². The fourth-order valence-corrected chi connectivity index (χ4v) is 2.56. The molecule has 2 aromatic carbocycles. The minimum absolute atomic E-state index is 0. The molecule has 0 bridgehead atoms. The van der Waals surface area contributed by atoms with Gasteiger partial charge >= 0.3 is 29.6 Å². The van der Waals surface area contributed by atoms with E-state index in [1.807, 2.05) is 0 Å². The number of methoxy groups -OCH3 is 1. The summed E-state index contributed by atoms with van der Waals surface area (Å²) in [6.07, 6.45) is 0. The van der Waals surface area contributed by atoms with Crippen molar-refractivity contribution < 1.29 is 57.2 Å². The topological polar surface area (TPSA) is 104 Å². The first-order chi connectivity index (χ1) is 9.84. The van der Waals surface area contributed by atoms with Gasteiger partial charge in [0.2, 0.25) is 0 Å². The summed E-state index contributed by atoms with van der Waals surface area (Å²) in [7, 11) is -3.71. The fraction of sp³-hybridized carbons (Fsp3) is 0.0714. The van der Waals surface area contributed by atoms with Crippen LogP contribution >= 0.6 is 0 Å². The summed E-state index contributed by atoms with van der Waals surface area (Å²) in [4.78, 5) is 11.5. The van der Waals surface area contributed by atoms with Gasteiger partial charge in [0, 0.05) is 11.6 Å². The van der Waals surface area contributed by atoms with Crippen molar-refractivity contribution in [2.45, 2.75) is 4.90 Å². The minimum Gasteiger partial charge on any atom is -0.744 e. The van der Waals surface area contributed by atoms with Crippen LogP contribution in [0.25, 0.3) is 0 Å². The van der Waals surface area contributed by atoms with Gasteiger partial charge in [-0.1, -0.05) is 30.3 Å². The minimum atomic E-state index is -4.95. The summed E-state index contributed by atoms with van der Waals surface area (Å²) in [6, 6.07) is 9.73. The van der Waals surface area contributed by atoms with Gasteiger partial charge in [-0.2, -0.15) is 0 Å². The molecule has 0 spiro atoms. The molecule has 0 atom stereocenters. The zero-order valence-electron chi connectivity index (χ0n) is 11.9. The summed E-state index contributed by atoms with van der Waals surface area (Å²) in [5.74, 6) is -1.42. The van der Waals surface area contributed by atoms with Crippen LogP contribution in [-0.4, -0.2) is 31.0 Å². The van der Waals surface area contributed by atoms with Crippen molar-refractivity contribution >= 4 is 15.9 Å². The number of ether oxygens (including phenoxy) is 1. The van der Waals surface area contributed by atoms with Crippen LogP contribution in [0.5, 0.6) is 11.5 Å². The smallest absolute Gasteiger partial charge is 0.744 e. The van der Waals surface area contributed by atoms with Gasteiger partial charge in [-0.25, -0.2) is 8.42 Å². The summed E-state index contributed by atoms with van der Waals surface area (Å²) >= 11 is 0. The fourth-order valence-electron chi connectivity index (χ4n) is 1.85. The average Bonchev–Trinajstić information content (AvgIpc) is 2.45. The van der Waals surface area contributed by atoms with Gasteiger partial charge < -0.3 is 14.4 Å². The van der Waals surface area contributed by atoms with Crippen LogP contribution in [0.1, 0.15) is 15.9 Å². The maximum absolute atomic E-state index is 12.3. The largest absolute Gasteiger partial charge is 1.00 e. The Morgan fingerprint density at radius 1 is 1.18 bits per heavy atom. The molecular weight excluding hydrogens is 319 g/mol. The second-order valence-electron chi connectivity index (χ2n) is 4.17. The average molecular weight is 330 g/mol. The summed E-state index contributed by atoms with van der Waals surface area (Å²) in [5.41, 5.74) is -0.403. The molecule has 0 fully saturated rings. The van der Waals surface area contributed by atoms with Crippen LogP contribution in [0, 0.1) is 0 Å². The maximum Gasteiger partial charge on any atom is 1.00 e. The number of carbonyl (C=O) groups excluding carboxylic acids is 1. The molecule has 0 unspecified atom stereocenters. The van der Waals surface area contributed by atoms with Gasteiger partial charge in [0.05, 0.1) is 17.6 Å². The molecule has 110 valence electrons. The van der Waals surface area contributed by atoms with Gasteiger partial charge in [-0.3, -0.25) is 4.79 Å². The van der Waals surface area contributed by atoms with Crippen molar-refractivity contribution in [2.24, 2.45) is 0 Å². The van der Waals surface area contributed by atoms with Crippen LogP contribution in [0.3, 0.4) is 0 Å². The van der Waals surface area contributed by atoms with Gasteiger partial charge in [-0.05, 0) is 6.07 Å². The molecule has 2 aromatic rings. The molecule has 0 radical (unpaired) electrons. The Bertz CT molecular complexity index is 786. The van der Waals surface area contributed by atoms with E-state index in [0.29, 0.717) is 0 Å². The Hall–Kier alpha value is -1.38. The molecular formula is C14H11NaO6S. The van der Waals surface area contributed by atoms with Gasteiger partial charge in [0.1, 0.15) is 21.6 Å². The molecule has 0 aromatic heterocycles. The first-order valence-electron chi connectivity index (χ1n) is 5.81. The number of phenolic OH excluding ortho intramolecular Hbond substituents is 1. The third-order valence-corrected chi connectivity index (χ3v) is 3.68. The van der Waals surface area contributed by atoms with E-state index >= 15 is 0 Å². The van der Waals surface area contributed by atoms with Crippen molar-refractivity contribution in [2.75, 3.05) is 7.11 Å². The van der Waals surface area contributed by atoms with Crippen LogP contribution < -0.4 is 34.3 Å². The predicted molar refractivity (Wildman–Crippen MR) is 72.5 cm³/mol. The molecule has 0 aliphatic heterocycles. The van der Waals surface area contributed by atoms with E-state index in [2.05, 4.69) is 0 Å². The molecule has 1 N–H and O–H groups in total. The first-order valence-corrected chi connectivity index (χ1v) is 7.22. The maximum atomic E-state index is 12.3.